The summed E-state index contributed by atoms with van der Waals surface area (Å²) in [5, 5.41) is 13.3. The van der Waals surface area contributed by atoms with E-state index in [1.54, 1.807) is 18.3 Å². The summed E-state index contributed by atoms with van der Waals surface area (Å²) in [4.78, 5) is 15.3. The number of fused-ring (bicyclic) bond motifs is 3. The smallest absolute Gasteiger partial charge is 0.545 e. The van der Waals surface area contributed by atoms with Gasteiger partial charge in [0.25, 0.3) is 0 Å². The maximum absolute atomic E-state index is 11.1. The first-order valence-corrected chi connectivity index (χ1v) is 6.81. The largest absolute Gasteiger partial charge is 1.00 e. The summed E-state index contributed by atoms with van der Waals surface area (Å²) in [6.45, 7) is 0.933. The molecule has 3 aromatic rings. The van der Waals surface area contributed by atoms with Crippen LogP contribution < -0.4 is 24.0 Å². The standard InChI is InChI=1S/C16H14N2O2.Li/c19-16(20)11-3-4-12-13-5-6-17-8-15(13)18(14(12)7-11)9-10-1-2-10;/h3-8,10H,1-2,9H2,(H,19,20);/q;+1/p-1. The first-order valence-electron chi connectivity index (χ1n) is 6.81. The van der Waals surface area contributed by atoms with Crippen LogP contribution >= 0.6 is 0 Å². The quantitative estimate of drug-likeness (QED) is 0.573. The van der Waals surface area contributed by atoms with Crippen LogP contribution in [0.15, 0.2) is 36.7 Å². The van der Waals surface area contributed by atoms with Crippen LogP contribution in [-0.4, -0.2) is 15.5 Å². The van der Waals surface area contributed by atoms with Gasteiger partial charge in [-0.2, -0.15) is 0 Å². The van der Waals surface area contributed by atoms with Crippen LogP contribution in [0.1, 0.15) is 23.2 Å². The van der Waals surface area contributed by atoms with Gasteiger partial charge in [0.15, 0.2) is 0 Å². The Labute approximate surface area is 134 Å². The summed E-state index contributed by atoms with van der Waals surface area (Å²) < 4.78 is 2.20. The number of benzene rings is 1. The molecule has 2 heterocycles. The number of carboxylic acids is 1. The number of carbonyl (C=O) groups is 1. The number of carbonyl (C=O) groups excluding carboxylic acids is 1. The molecule has 0 amide bonds. The predicted molar refractivity (Wildman–Crippen MR) is 74.3 cm³/mol. The molecular weight excluding hydrogens is 259 g/mol. The molecule has 0 N–H and O–H groups in total. The maximum atomic E-state index is 11.1. The third-order valence-corrected chi connectivity index (χ3v) is 4.04. The summed E-state index contributed by atoms with van der Waals surface area (Å²) in [6.07, 6.45) is 6.13. The molecule has 1 aliphatic rings. The molecule has 0 radical (unpaired) electrons. The Kier molecular flexibility index (Phi) is 3.52. The third-order valence-electron chi connectivity index (χ3n) is 4.04. The van der Waals surface area contributed by atoms with Crippen molar-refractivity contribution in [1.29, 1.82) is 0 Å². The van der Waals surface area contributed by atoms with Gasteiger partial charge in [0.1, 0.15) is 0 Å². The van der Waals surface area contributed by atoms with Crippen molar-refractivity contribution in [3.05, 3.63) is 42.2 Å². The number of rotatable bonds is 3. The fraction of sp³-hybridized carbons (Fsp3) is 0.250. The van der Waals surface area contributed by atoms with E-state index in [-0.39, 0.29) is 24.4 Å². The Morgan fingerprint density at radius 2 is 2.00 bits per heavy atom. The second-order valence-electron chi connectivity index (χ2n) is 5.47. The SMILES string of the molecule is O=C([O-])c1ccc2c3ccncc3n(CC3CC3)c2c1.[Li+]. The number of aromatic carboxylic acids is 1. The molecule has 0 saturated heterocycles. The summed E-state index contributed by atoms with van der Waals surface area (Å²) >= 11 is 0. The van der Waals surface area contributed by atoms with Crippen LogP contribution in [0.2, 0.25) is 0 Å². The topological polar surface area (TPSA) is 57.9 Å². The van der Waals surface area contributed by atoms with Crippen LogP contribution in [0.3, 0.4) is 0 Å². The molecular formula is C16H13LiN2O2. The Bertz CT molecular complexity index is 837. The van der Waals surface area contributed by atoms with Gasteiger partial charge in [-0.05, 0) is 36.5 Å². The first kappa shape index (κ1) is 14.2. The van der Waals surface area contributed by atoms with Crippen molar-refractivity contribution in [3.63, 3.8) is 0 Å². The Morgan fingerprint density at radius 1 is 1.24 bits per heavy atom. The minimum atomic E-state index is -1.13. The number of nitrogens with zero attached hydrogens (tertiary/aromatic N) is 2. The van der Waals surface area contributed by atoms with E-state index in [0.717, 1.165) is 28.4 Å². The molecule has 0 spiro atoms. The van der Waals surface area contributed by atoms with E-state index < -0.39 is 5.97 Å². The second-order valence-corrected chi connectivity index (χ2v) is 5.47. The summed E-state index contributed by atoms with van der Waals surface area (Å²) in [7, 11) is 0. The summed E-state index contributed by atoms with van der Waals surface area (Å²) in [6, 6.07) is 7.18. The van der Waals surface area contributed by atoms with Crippen LogP contribution in [0.5, 0.6) is 0 Å². The van der Waals surface area contributed by atoms with Crippen molar-refractivity contribution < 1.29 is 28.8 Å². The third kappa shape index (κ3) is 2.35. The van der Waals surface area contributed by atoms with Gasteiger partial charge >= 0.3 is 18.9 Å². The summed E-state index contributed by atoms with van der Waals surface area (Å²) in [5.74, 6) is -0.422. The number of aromatic nitrogens is 2. The van der Waals surface area contributed by atoms with Crippen molar-refractivity contribution in [2.45, 2.75) is 19.4 Å². The molecule has 0 unspecified atom stereocenters. The monoisotopic (exact) mass is 272 g/mol. The van der Waals surface area contributed by atoms with E-state index in [4.69, 9.17) is 0 Å². The van der Waals surface area contributed by atoms with Gasteiger partial charge in [0.05, 0.1) is 17.7 Å². The Hall–Kier alpha value is -1.76. The number of pyridine rings is 1. The van der Waals surface area contributed by atoms with Crippen molar-refractivity contribution in [1.82, 2.24) is 9.55 Å². The van der Waals surface area contributed by atoms with Gasteiger partial charge in [0, 0.05) is 29.0 Å². The molecule has 0 atom stereocenters. The van der Waals surface area contributed by atoms with E-state index in [0.29, 0.717) is 5.92 Å². The maximum Gasteiger partial charge on any atom is 1.00 e. The van der Waals surface area contributed by atoms with E-state index in [1.807, 2.05) is 18.3 Å². The van der Waals surface area contributed by atoms with Gasteiger partial charge in [-0.1, -0.05) is 12.1 Å². The van der Waals surface area contributed by atoms with E-state index >= 15 is 0 Å². The van der Waals surface area contributed by atoms with Crippen LogP contribution in [0.4, 0.5) is 0 Å². The Morgan fingerprint density at radius 3 is 2.71 bits per heavy atom. The van der Waals surface area contributed by atoms with Gasteiger partial charge in [-0.25, -0.2) is 0 Å². The molecule has 0 bridgehead atoms. The van der Waals surface area contributed by atoms with Crippen molar-refractivity contribution in [2.75, 3.05) is 0 Å². The van der Waals surface area contributed by atoms with Gasteiger partial charge in [-0.15, -0.1) is 0 Å². The molecule has 5 heteroatoms. The van der Waals surface area contributed by atoms with E-state index in [9.17, 15) is 9.90 Å². The fourth-order valence-corrected chi connectivity index (χ4v) is 2.82. The van der Waals surface area contributed by atoms with Crippen molar-refractivity contribution in [2.24, 2.45) is 5.92 Å². The fourth-order valence-electron chi connectivity index (χ4n) is 2.82. The van der Waals surface area contributed by atoms with Gasteiger partial charge in [-0.3, -0.25) is 4.98 Å². The molecule has 0 aliphatic heterocycles. The Balaban J connectivity index is 0.00000132. The minimum Gasteiger partial charge on any atom is -0.545 e. The van der Waals surface area contributed by atoms with E-state index in [2.05, 4.69) is 9.55 Å². The van der Waals surface area contributed by atoms with Crippen molar-refractivity contribution >= 4 is 27.8 Å². The average molecular weight is 272 g/mol. The van der Waals surface area contributed by atoms with E-state index in [1.165, 1.54) is 12.8 Å². The van der Waals surface area contributed by atoms with Gasteiger partial charge < -0.3 is 14.5 Å². The average Bonchev–Trinajstić information content (AvgIpc) is 3.23. The zero-order valence-electron chi connectivity index (χ0n) is 11.9. The molecule has 1 saturated carbocycles. The number of hydrogen-bond donors (Lipinski definition) is 0. The molecule has 4 nitrogen and oxygen atoms in total. The first-order chi connectivity index (χ1) is 9.74. The van der Waals surface area contributed by atoms with Crippen molar-refractivity contribution in [3.8, 4) is 0 Å². The minimum absolute atomic E-state index is 0. The molecule has 4 rings (SSSR count). The van der Waals surface area contributed by atoms with Crippen LogP contribution in [-0.2, 0) is 6.54 Å². The summed E-state index contributed by atoms with van der Waals surface area (Å²) in [5.41, 5.74) is 2.26. The molecule has 1 aromatic carbocycles. The number of hydrogen-bond acceptors (Lipinski definition) is 3. The number of carboxylic acid groups (broad SMARTS) is 1. The van der Waals surface area contributed by atoms with Crippen LogP contribution in [0, 0.1) is 5.92 Å². The normalized spacial score (nSPS) is 14.3. The molecule has 2 aromatic heterocycles. The molecule has 100 valence electrons. The zero-order valence-corrected chi connectivity index (χ0v) is 11.9. The molecule has 1 fully saturated rings. The molecule has 21 heavy (non-hydrogen) atoms. The zero-order chi connectivity index (χ0) is 13.7. The second kappa shape index (κ2) is 5.21. The predicted octanol–water partition coefficient (Wildman–Crippen LogP) is -1.03. The molecule has 1 aliphatic carbocycles. The van der Waals surface area contributed by atoms with Gasteiger partial charge in [0.2, 0.25) is 0 Å². The van der Waals surface area contributed by atoms with Crippen LogP contribution in [0.25, 0.3) is 21.8 Å².